The molecule has 1 N–H and O–H groups in total. The fraction of sp³-hybridized carbons (Fsp3) is 0.233. The smallest absolute Gasteiger partial charge is 0.303 e. The first kappa shape index (κ1) is 21.3. The largest absolute Gasteiger partial charge is 0.481 e. The number of carbonyl (C=O) groups is 1. The summed E-state index contributed by atoms with van der Waals surface area (Å²) in [4.78, 5) is 10.8. The summed E-state index contributed by atoms with van der Waals surface area (Å²) in [6, 6.07) is 30.4. The molecule has 33 heavy (non-hydrogen) atoms. The Morgan fingerprint density at radius 2 is 1.61 bits per heavy atom. The molecule has 0 amide bonds. The topological polar surface area (TPSA) is 42.2 Å². The number of aromatic nitrogens is 1. The number of nitrogens with zero attached hydrogens (tertiary/aromatic N) is 1. The minimum absolute atomic E-state index is 0.0461. The predicted octanol–water partition coefficient (Wildman–Crippen LogP) is 7.05. The average molecular weight is 436 g/mol. The van der Waals surface area contributed by atoms with Gasteiger partial charge in [0.15, 0.2) is 0 Å². The van der Waals surface area contributed by atoms with Crippen LogP contribution in [0, 0.1) is 0 Å². The molecule has 0 saturated heterocycles. The lowest BCUT2D eigenvalue weighted by atomic mass is 9.72. The molecule has 1 heterocycles. The Bertz CT molecular complexity index is 1300. The summed E-state index contributed by atoms with van der Waals surface area (Å²) in [5.41, 5.74) is 10.2. The van der Waals surface area contributed by atoms with Crippen molar-refractivity contribution in [1.29, 1.82) is 0 Å². The number of hydrogen-bond acceptors (Lipinski definition) is 1. The zero-order valence-electron chi connectivity index (χ0n) is 19.2. The third kappa shape index (κ3) is 4.00. The maximum absolute atomic E-state index is 10.8. The standard InChI is InChI=1S/C30H29NO2/c1-30(2)20-28-25(24-12-6-7-13-26(24)30)19-27(22-10-4-3-5-11-22)31(28)23-17-15-21(16-18-23)9-8-14-29(32)33/h3-7,10-13,15-19H,8-9,14,20H2,1-2H3,(H,32,33). The summed E-state index contributed by atoms with van der Waals surface area (Å²) in [6.07, 6.45) is 2.61. The van der Waals surface area contributed by atoms with E-state index < -0.39 is 5.97 Å². The third-order valence-electron chi connectivity index (χ3n) is 6.78. The van der Waals surface area contributed by atoms with Crippen LogP contribution in [0.3, 0.4) is 0 Å². The van der Waals surface area contributed by atoms with Gasteiger partial charge in [-0.05, 0) is 65.1 Å². The van der Waals surface area contributed by atoms with E-state index in [4.69, 9.17) is 5.11 Å². The van der Waals surface area contributed by atoms with Crippen molar-refractivity contribution < 1.29 is 9.90 Å². The van der Waals surface area contributed by atoms with Crippen LogP contribution in [0.2, 0.25) is 0 Å². The second kappa shape index (κ2) is 8.40. The zero-order chi connectivity index (χ0) is 23.0. The van der Waals surface area contributed by atoms with Crippen molar-refractivity contribution in [1.82, 2.24) is 4.57 Å². The van der Waals surface area contributed by atoms with Gasteiger partial charge in [-0.2, -0.15) is 0 Å². The van der Waals surface area contributed by atoms with Gasteiger partial charge >= 0.3 is 5.97 Å². The Kier molecular flexibility index (Phi) is 5.41. The highest BCUT2D eigenvalue weighted by atomic mass is 16.4. The molecular weight excluding hydrogens is 406 g/mol. The van der Waals surface area contributed by atoms with E-state index in [2.05, 4.69) is 103 Å². The third-order valence-corrected chi connectivity index (χ3v) is 6.78. The molecule has 3 nitrogen and oxygen atoms in total. The van der Waals surface area contributed by atoms with Crippen LogP contribution >= 0.6 is 0 Å². The molecule has 3 aromatic carbocycles. The van der Waals surface area contributed by atoms with E-state index in [1.807, 2.05) is 0 Å². The van der Waals surface area contributed by atoms with E-state index in [1.165, 1.54) is 39.2 Å². The molecule has 4 aromatic rings. The molecule has 1 aromatic heterocycles. The van der Waals surface area contributed by atoms with Crippen LogP contribution in [0.5, 0.6) is 0 Å². The second-order valence-electron chi connectivity index (χ2n) is 9.61. The van der Waals surface area contributed by atoms with Crippen LogP contribution < -0.4 is 0 Å². The van der Waals surface area contributed by atoms with Crippen molar-refractivity contribution >= 4 is 5.97 Å². The number of carboxylic acids is 1. The summed E-state index contributed by atoms with van der Waals surface area (Å²) in [5, 5.41) is 8.92. The Labute approximate surface area is 195 Å². The molecule has 0 aliphatic heterocycles. The van der Waals surface area contributed by atoms with Gasteiger partial charge < -0.3 is 9.67 Å². The molecule has 0 atom stereocenters. The van der Waals surface area contributed by atoms with Crippen LogP contribution in [-0.4, -0.2) is 15.6 Å². The molecular formula is C30H29NO2. The Morgan fingerprint density at radius 3 is 2.33 bits per heavy atom. The van der Waals surface area contributed by atoms with Crippen molar-refractivity contribution in [3.05, 3.63) is 102 Å². The predicted molar refractivity (Wildman–Crippen MR) is 134 cm³/mol. The van der Waals surface area contributed by atoms with Gasteiger partial charge in [0.05, 0.1) is 5.69 Å². The lowest BCUT2D eigenvalue weighted by Crippen LogP contribution is -2.26. The van der Waals surface area contributed by atoms with Gasteiger partial charge in [0.25, 0.3) is 0 Å². The zero-order valence-corrected chi connectivity index (χ0v) is 19.2. The van der Waals surface area contributed by atoms with Gasteiger partial charge in [-0.3, -0.25) is 4.79 Å². The van der Waals surface area contributed by atoms with Crippen LogP contribution in [0.25, 0.3) is 28.1 Å². The summed E-state index contributed by atoms with van der Waals surface area (Å²) in [5.74, 6) is -0.735. The second-order valence-corrected chi connectivity index (χ2v) is 9.61. The summed E-state index contributed by atoms with van der Waals surface area (Å²) >= 11 is 0. The van der Waals surface area contributed by atoms with Gasteiger partial charge in [0.1, 0.15) is 0 Å². The Morgan fingerprint density at radius 1 is 0.909 bits per heavy atom. The lowest BCUT2D eigenvalue weighted by molar-refractivity contribution is -0.137. The van der Waals surface area contributed by atoms with Crippen LogP contribution in [0.4, 0.5) is 0 Å². The quantitative estimate of drug-likeness (QED) is 0.352. The van der Waals surface area contributed by atoms with Crippen molar-refractivity contribution in [2.24, 2.45) is 0 Å². The van der Waals surface area contributed by atoms with Crippen molar-refractivity contribution in [3.63, 3.8) is 0 Å². The van der Waals surface area contributed by atoms with E-state index in [1.54, 1.807) is 0 Å². The van der Waals surface area contributed by atoms with E-state index in [0.717, 1.165) is 18.5 Å². The molecule has 166 valence electrons. The van der Waals surface area contributed by atoms with E-state index in [0.29, 0.717) is 6.42 Å². The van der Waals surface area contributed by atoms with Crippen molar-refractivity contribution in [3.8, 4) is 28.1 Å². The Balaban J connectivity index is 1.63. The molecule has 0 saturated carbocycles. The molecule has 3 heteroatoms. The van der Waals surface area contributed by atoms with Crippen LogP contribution in [-0.2, 0) is 23.1 Å². The summed E-state index contributed by atoms with van der Waals surface area (Å²) in [6.45, 7) is 4.67. The average Bonchev–Trinajstić information content (AvgIpc) is 3.19. The molecule has 0 fully saturated rings. The van der Waals surface area contributed by atoms with Crippen LogP contribution in [0.1, 0.15) is 43.5 Å². The van der Waals surface area contributed by atoms with E-state index in [-0.39, 0.29) is 11.8 Å². The van der Waals surface area contributed by atoms with Crippen molar-refractivity contribution in [2.45, 2.75) is 44.9 Å². The number of aryl methyl sites for hydroxylation is 1. The molecule has 0 spiro atoms. The SMILES string of the molecule is CC1(C)Cc2c(cc(-c3ccccc3)n2-c2ccc(CCCC(=O)O)cc2)-c2ccccc21. The summed E-state index contributed by atoms with van der Waals surface area (Å²) in [7, 11) is 0. The number of fused-ring (bicyclic) bond motifs is 3. The van der Waals surface area contributed by atoms with Gasteiger partial charge in [-0.15, -0.1) is 0 Å². The number of hydrogen-bond donors (Lipinski definition) is 1. The molecule has 5 rings (SSSR count). The maximum Gasteiger partial charge on any atom is 0.303 e. The monoisotopic (exact) mass is 435 g/mol. The summed E-state index contributed by atoms with van der Waals surface area (Å²) < 4.78 is 2.42. The highest BCUT2D eigenvalue weighted by Crippen LogP contribution is 2.46. The maximum atomic E-state index is 10.8. The first-order valence-electron chi connectivity index (χ1n) is 11.6. The van der Waals surface area contributed by atoms with E-state index in [9.17, 15) is 4.79 Å². The minimum atomic E-state index is -0.735. The van der Waals surface area contributed by atoms with Crippen molar-refractivity contribution in [2.75, 3.05) is 0 Å². The Hall–Kier alpha value is -3.59. The number of aliphatic carboxylic acids is 1. The fourth-order valence-electron chi connectivity index (χ4n) is 5.15. The highest BCUT2D eigenvalue weighted by Gasteiger charge is 2.34. The molecule has 0 bridgehead atoms. The van der Waals surface area contributed by atoms with E-state index >= 15 is 0 Å². The first-order valence-corrected chi connectivity index (χ1v) is 11.6. The molecule has 0 radical (unpaired) electrons. The lowest BCUT2D eigenvalue weighted by Gasteiger charge is -2.33. The number of rotatable bonds is 6. The van der Waals surface area contributed by atoms with Gasteiger partial charge in [-0.25, -0.2) is 0 Å². The fourth-order valence-corrected chi connectivity index (χ4v) is 5.15. The molecule has 1 aliphatic rings. The van der Waals surface area contributed by atoms with Crippen LogP contribution in [0.15, 0.2) is 84.9 Å². The number of carboxylic acid groups (broad SMARTS) is 1. The van der Waals surface area contributed by atoms with Gasteiger partial charge in [0.2, 0.25) is 0 Å². The first-order chi connectivity index (χ1) is 15.9. The van der Waals surface area contributed by atoms with Gasteiger partial charge in [-0.1, -0.05) is 80.6 Å². The normalized spacial score (nSPS) is 13.9. The van der Waals surface area contributed by atoms with Gasteiger partial charge in [0, 0.05) is 23.4 Å². The highest BCUT2D eigenvalue weighted by molar-refractivity contribution is 5.81. The minimum Gasteiger partial charge on any atom is -0.481 e. The molecule has 1 aliphatic carbocycles. The molecule has 0 unspecified atom stereocenters. The number of benzene rings is 3.